The maximum absolute atomic E-state index is 5.17. The maximum atomic E-state index is 5.17. The van der Waals surface area contributed by atoms with Crippen molar-refractivity contribution in [1.29, 1.82) is 0 Å². The van der Waals surface area contributed by atoms with E-state index in [9.17, 15) is 0 Å². The Bertz CT molecular complexity index is 36.5. The molecule has 0 spiro atoms. The molecule has 0 unspecified atom stereocenters. The molecule has 0 atom stereocenters. The predicted octanol–water partition coefficient (Wildman–Crippen LogP) is -4.10. The summed E-state index contributed by atoms with van der Waals surface area (Å²) in [6, 6.07) is 0. The summed E-state index contributed by atoms with van der Waals surface area (Å²) in [6.45, 7) is 3.13. The van der Waals surface area contributed by atoms with E-state index in [0.29, 0.717) is 13.1 Å². The summed E-state index contributed by atoms with van der Waals surface area (Å²) in [4.78, 5) is 0. The topological polar surface area (TPSA) is 64.1 Å². The molecule has 7 heteroatoms. The van der Waals surface area contributed by atoms with Crippen molar-refractivity contribution >= 4 is 118 Å². The second kappa shape index (κ2) is 29.2. The average Bonchev–Trinajstić information content (AvgIpc) is 1.69. The third-order valence-corrected chi connectivity index (χ3v) is 0.642. The van der Waals surface area contributed by atoms with Gasteiger partial charge in [-0.2, -0.15) is 0 Å². The van der Waals surface area contributed by atoms with Crippen LogP contribution in [0, 0.1) is 0 Å². The third-order valence-electron chi connectivity index (χ3n) is 0.642. The number of hydrogen-bond acceptors (Lipinski definition) is 3. The first-order chi connectivity index (χ1) is 3.41. The third kappa shape index (κ3) is 31.5. The summed E-state index contributed by atoms with van der Waals surface area (Å²) < 4.78 is 0. The standard InChI is InChI=1S/C4H13N3.4Na.4H/c5-1-3-7-4-2-6;;;;;;;;/h7H,1-6H2;;;;;;;;. The molecule has 0 heterocycles. The van der Waals surface area contributed by atoms with Gasteiger partial charge < -0.3 is 16.8 Å². The molecular weight excluding hydrogens is 182 g/mol. The first-order valence-electron chi connectivity index (χ1n) is 2.52. The summed E-state index contributed by atoms with van der Waals surface area (Å²) in [6.07, 6.45) is 0. The van der Waals surface area contributed by atoms with Gasteiger partial charge in [-0.1, -0.05) is 0 Å². The van der Waals surface area contributed by atoms with Gasteiger partial charge in [-0.25, -0.2) is 0 Å². The van der Waals surface area contributed by atoms with Crippen LogP contribution in [0.15, 0.2) is 0 Å². The second-order valence-electron chi connectivity index (χ2n) is 1.33. The molecule has 0 amide bonds. The predicted molar refractivity (Wildman–Crippen MR) is 59.6 cm³/mol. The Labute approximate surface area is 158 Å². The molecule has 0 saturated heterocycles. The van der Waals surface area contributed by atoms with Gasteiger partial charge in [0, 0.05) is 26.2 Å². The summed E-state index contributed by atoms with van der Waals surface area (Å²) in [5.74, 6) is 0. The van der Waals surface area contributed by atoms with Crippen LogP contribution < -0.4 is 16.8 Å². The Kier molecular flexibility index (Phi) is 78.0. The van der Waals surface area contributed by atoms with Gasteiger partial charge in [-0.15, -0.1) is 0 Å². The van der Waals surface area contributed by atoms with E-state index in [-0.39, 0.29) is 118 Å². The molecule has 52 valence electrons. The molecule has 0 fully saturated rings. The van der Waals surface area contributed by atoms with E-state index in [4.69, 9.17) is 11.5 Å². The Morgan fingerprint density at radius 2 is 1.00 bits per heavy atom. The molecule has 0 aliphatic rings. The molecule has 0 aromatic rings. The first kappa shape index (κ1) is 29.4. The van der Waals surface area contributed by atoms with Crippen molar-refractivity contribution in [3.63, 3.8) is 0 Å². The first-order valence-corrected chi connectivity index (χ1v) is 2.52. The van der Waals surface area contributed by atoms with Gasteiger partial charge >= 0.3 is 118 Å². The van der Waals surface area contributed by atoms with Crippen molar-refractivity contribution in [2.75, 3.05) is 26.2 Å². The Morgan fingerprint density at radius 3 is 1.18 bits per heavy atom. The number of nitrogens with two attached hydrogens (primary N) is 2. The quantitative estimate of drug-likeness (QED) is 0.318. The SMILES string of the molecule is NCCNCCN.[NaH].[NaH].[NaH].[NaH]. The molecule has 0 aromatic heterocycles. The number of rotatable bonds is 4. The van der Waals surface area contributed by atoms with Crippen LogP contribution in [0.3, 0.4) is 0 Å². The van der Waals surface area contributed by atoms with Crippen LogP contribution in [-0.4, -0.2) is 144 Å². The van der Waals surface area contributed by atoms with Crippen molar-refractivity contribution in [2.24, 2.45) is 11.5 Å². The Balaban J connectivity index is -0.0000000300. The number of hydrogen-bond donors (Lipinski definition) is 3. The molecule has 5 N–H and O–H groups in total. The zero-order chi connectivity index (χ0) is 5.54. The summed E-state index contributed by atoms with van der Waals surface area (Å²) in [5, 5.41) is 3.03. The van der Waals surface area contributed by atoms with E-state index in [2.05, 4.69) is 5.32 Å². The number of nitrogens with one attached hydrogen (secondary N) is 1. The molecule has 0 aliphatic carbocycles. The fourth-order valence-electron chi connectivity index (χ4n) is 0.329. The van der Waals surface area contributed by atoms with Crippen LogP contribution in [0.4, 0.5) is 0 Å². The molecule has 0 radical (unpaired) electrons. The molecule has 0 rings (SSSR count). The van der Waals surface area contributed by atoms with Crippen LogP contribution >= 0.6 is 0 Å². The van der Waals surface area contributed by atoms with E-state index in [0.717, 1.165) is 13.1 Å². The molecule has 11 heavy (non-hydrogen) atoms. The van der Waals surface area contributed by atoms with Gasteiger partial charge in [0.1, 0.15) is 0 Å². The molecule has 0 aliphatic heterocycles. The minimum atomic E-state index is 0. The molecular formula is C4H17N3Na4. The van der Waals surface area contributed by atoms with E-state index >= 15 is 0 Å². The molecule has 3 nitrogen and oxygen atoms in total. The summed E-state index contributed by atoms with van der Waals surface area (Å²) >= 11 is 0. The van der Waals surface area contributed by atoms with E-state index in [1.165, 1.54) is 0 Å². The van der Waals surface area contributed by atoms with Crippen LogP contribution in [0.25, 0.3) is 0 Å². The van der Waals surface area contributed by atoms with E-state index < -0.39 is 0 Å². The molecule has 0 saturated carbocycles. The van der Waals surface area contributed by atoms with Gasteiger partial charge in [0.05, 0.1) is 0 Å². The van der Waals surface area contributed by atoms with E-state index in [1.54, 1.807) is 0 Å². The average molecular weight is 199 g/mol. The second-order valence-corrected chi connectivity index (χ2v) is 1.33. The van der Waals surface area contributed by atoms with Gasteiger partial charge in [0.25, 0.3) is 0 Å². The van der Waals surface area contributed by atoms with Crippen LogP contribution in [0.2, 0.25) is 0 Å². The minimum absolute atomic E-state index is 0. The fourth-order valence-corrected chi connectivity index (χ4v) is 0.329. The van der Waals surface area contributed by atoms with Gasteiger partial charge in [0.15, 0.2) is 0 Å². The van der Waals surface area contributed by atoms with Crippen molar-refractivity contribution < 1.29 is 0 Å². The van der Waals surface area contributed by atoms with Crippen LogP contribution in [0.5, 0.6) is 0 Å². The monoisotopic (exact) mass is 199 g/mol. The fraction of sp³-hybridized carbons (Fsp3) is 1.00. The van der Waals surface area contributed by atoms with Gasteiger partial charge in [-0.05, 0) is 0 Å². The zero-order valence-corrected chi connectivity index (χ0v) is 4.48. The molecule has 0 bridgehead atoms. The van der Waals surface area contributed by atoms with Crippen LogP contribution in [0.1, 0.15) is 0 Å². The van der Waals surface area contributed by atoms with Gasteiger partial charge in [-0.3, -0.25) is 0 Å². The van der Waals surface area contributed by atoms with E-state index in [1.807, 2.05) is 0 Å². The van der Waals surface area contributed by atoms with Crippen molar-refractivity contribution in [3.05, 3.63) is 0 Å². The Hall–Kier alpha value is 3.88. The Morgan fingerprint density at radius 1 is 0.727 bits per heavy atom. The van der Waals surface area contributed by atoms with Crippen LogP contribution in [-0.2, 0) is 0 Å². The van der Waals surface area contributed by atoms with Crippen molar-refractivity contribution in [1.82, 2.24) is 5.32 Å². The zero-order valence-electron chi connectivity index (χ0n) is 4.48. The molecule has 0 aromatic carbocycles. The van der Waals surface area contributed by atoms with Crippen molar-refractivity contribution in [3.8, 4) is 0 Å². The van der Waals surface area contributed by atoms with Crippen molar-refractivity contribution in [2.45, 2.75) is 0 Å². The summed E-state index contributed by atoms with van der Waals surface area (Å²) in [5.41, 5.74) is 10.3. The summed E-state index contributed by atoms with van der Waals surface area (Å²) in [7, 11) is 0. The normalized spacial score (nSPS) is 6.00. The van der Waals surface area contributed by atoms with Gasteiger partial charge in [0.2, 0.25) is 0 Å².